The summed E-state index contributed by atoms with van der Waals surface area (Å²) >= 11 is 7.24. The third kappa shape index (κ3) is 4.12. The van der Waals surface area contributed by atoms with Crippen LogP contribution < -0.4 is 0 Å². The molecule has 1 aliphatic rings. The molecule has 0 radical (unpaired) electrons. The number of amides is 1. The van der Waals surface area contributed by atoms with E-state index in [4.69, 9.17) is 11.6 Å². The summed E-state index contributed by atoms with van der Waals surface area (Å²) in [5.41, 5.74) is 0.934. The zero-order valence-electron chi connectivity index (χ0n) is 14.3. The predicted molar refractivity (Wildman–Crippen MR) is 104 cm³/mol. The first kappa shape index (κ1) is 19.3. The van der Waals surface area contributed by atoms with Crippen molar-refractivity contribution in [3.8, 4) is 0 Å². The maximum atomic E-state index is 13.9. The minimum atomic E-state index is -0.514. The van der Waals surface area contributed by atoms with Gasteiger partial charge in [0.2, 0.25) is 0 Å². The van der Waals surface area contributed by atoms with Crippen molar-refractivity contribution in [3.63, 3.8) is 0 Å². The number of rotatable bonds is 4. The Hall–Kier alpha value is -2.45. The van der Waals surface area contributed by atoms with Crippen molar-refractivity contribution in [1.29, 1.82) is 0 Å². The molecule has 3 rings (SSSR count). The largest absolute Gasteiger partial charge is 0.286 e. The van der Waals surface area contributed by atoms with Crippen molar-refractivity contribution in [1.82, 2.24) is 4.90 Å². The van der Waals surface area contributed by atoms with Gasteiger partial charge in [0.25, 0.3) is 11.6 Å². The van der Waals surface area contributed by atoms with Crippen molar-refractivity contribution < 1.29 is 14.1 Å². The van der Waals surface area contributed by atoms with Crippen LogP contribution in [0.15, 0.2) is 41.4 Å². The summed E-state index contributed by atoms with van der Waals surface area (Å²) in [6.07, 6.45) is 0. The molecule has 0 aromatic heterocycles. The first-order valence-electron chi connectivity index (χ1n) is 8.05. The van der Waals surface area contributed by atoms with E-state index in [2.05, 4.69) is 4.99 Å². The highest BCUT2D eigenvalue weighted by atomic mass is 35.5. The highest BCUT2D eigenvalue weighted by molar-refractivity contribution is 8.13. The Bertz CT molecular complexity index is 931. The molecule has 0 fully saturated rings. The van der Waals surface area contributed by atoms with E-state index in [0.29, 0.717) is 34.4 Å². The third-order valence-corrected chi connectivity index (χ3v) is 5.50. The summed E-state index contributed by atoms with van der Waals surface area (Å²) in [6, 6.07) is 8.83. The predicted octanol–water partition coefficient (Wildman–Crippen LogP) is 4.44. The first-order valence-corrected chi connectivity index (χ1v) is 9.42. The molecule has 2 aromatic carbocycles. The summed E-state index contributed by atoms with van der Waals surface area (Å²) < 4.78 is 13.9. The zero-order valence-corrected chi connectivity index (χ0v) is 15.9. The van der Waals surface area contributed by atoms with Gasteiger partial charge in [-0.15, -0.1) is 0 Å². The zero-order chi connectivity index (χ0) is 19.6. The number of amidine groups is 1. The number of thioether (sulfide) groups is 1. The van der Waals surface area contributed by atoms with Crippen molar-refractivity contribution in [2.24, 2.45) is 4.99 Å². The van der Waals surface area contributed by atoms with E-state index in [1.54, 1.807) is 25.1 Å². The quantitative estimate of drug-likeness (QED) is 0.554. The Morgan fingerprint density at radius 2 is 2.19 bits per heavy atom. The summed E-state index contributed by atoms with van der Waals surface area (Å²) in [6.45, 7) is 2.41. The van der Waals surface area contributed by atoms with E-state index in [1.165, 1.54) is 34.9 Å². The number of aliphatic imine (C=N–C) groups is 1. The maximum absolute atomic E-state index is 13.9. The monoisotopic (exact) mass is 407 g/mol. The van der Waals surface area contributed by atoms with E-state index in [-0.39, 0.29) is 22.9 Å². The lowest BCUT2D eigenvalue weighted by molar-refractivity contribution is -0.385. The Morgan fingerprint density at radius 3 is 2.89 bits per heavy atom. The van der Waals surface area contributed by atoms with Crippen LogP contribution in [-0.2, 0) is 5.75 Å². The average Bonchev–Trinajstić information content (AvgIpc) is 3.09. The highest BCUT2D eigenvalue weighted by Crippen LogP contribution is 2.28. The molecule has 0 bridgehead atoms. The topological polar surface area (TPSA) is 75.8 Å². The number of hydrogen-bond donors (Lipinski definition) is 0. The van der Waals surface area contributed by atoms with Crippen LogP contribution >= 0.6 is 23.4 Å². The summed E-state index contributed by atoms with van der Waals surface area (Å²) in [5.74, 6) is -0.565. The van der Waals surface area contributed by atoms with Crippen LogP contribution in [0.3, 0.4) is 0 Å². The van der Waals surface area contributed by atoms with Gasteiger partial charge in [0.1, 0.15) is 5.82 Å². The molecule has 0 unspecified atom stereocenters. The second kappa shape index (κ2) is 8.06. The van der Waals surface area contributed by atoms with Crippen molar-refractivity contribution in [3.05, 3.63) is 74.0 Å². The van der Waals surface area contributed by atoms with Crippen LogP contribution in [0.25, 0.3) is 0 Å². The van der Waals surface area contributed by atoms with Crippen molar-refractivity contribution in [2.45, 2.75) is 12.7 Å². The van der Waals surface area contributed by atoms with Gasteiger partial charge in [0, 0.05) is 40.1 Å². The second-order valence-corrected chi connectivity index (χ2v) is 7.22. The maximum Gasteiger partial charge on any atom is 0.273 e. The lowest BCUT2D eigenvalue weighted by Gasteiger charge is -2.18. The minimum Gasteiger partial charge on any atom is -0.286 e. The molecule has 140 valence electrons. The summed E-state index contributed by atoms with van der Waals surface area (Å²) in [7, 11) is 0. The van der Waals surface area contributed by atoms with E-state index >= 15 is 0 Å². The number of aryl methyl sites for hydroxylation is 1. The fourth-order valence-electron chi connectivity index (χ4n) is 2.64. The molecule has 0 spiro atoms. The van der Waals surface area contributed by atoms with Crippen LogP contribution in [0.4, 0.5) is 10.1 Å². The lowest BCUT2D eigenvalue weighted by atomic mass is 10.1. The van der Waals surface area contributed by atoms with Gasteiger partial charge in [-0.25, -0.2) is 4.39 Å². The molecular formula is C18H15ClFN3O3S. The highest BCUT2D eigenvalue weighted by Gasteiger charge is 2.27. The van der Waals surface area contributed by atoms with Crippen LogP contribution in [0.5, 0.6) is 0 Å². The fraction of sp³-hybridized carbons (Fsp3) is 0.222. The van der Waals surface area contributed by atoms with Crippen LogP contribution in [0.2, 0.25) is 5.02 Å². The molecule has 27 heavy (non-hydrogen) atoms. The number of nitro groups is 1. The fourth-order valence-corrected chi connectivity index (χ4v) is 4.03. The van der Waals surface area contributed by atoms with Gasteiger partial charge in [0.05, 0.1) is 11.5 Å². The molecule has 1 aliphatic heterocycles. The first-order chi connectivity index (χ1) is 12.9. The number of hydrogen-bond acceptors (Lipinski definition) is 5. The molecule has 0 saturated carbocycles. The number of benzene rings is 2. The summed E-state index contributed by atoms with van der Waals surface area (Å²) in [5, 5.41) is 11.9. The molecule has 0 saturated heterocycles. The van der Waals surface area contributed by atoms with Gasteiger partial charge >= 0.3 is 0 Å². The normalized spacial score (nSPS) is 13.6. The summed E-state index contributed by atoms with van der Waals surface area (Å²) in [4.78, 5) is 29.1. The van der Waals surface area contributed by atoms with Gasteiger partial charge in [-0.05, 0) is 25.1 Å². The molecule has 6 nitrogen and oxygen atoms in total. The molecule has 0 N–H and O–H groups in total. The Kier molecular flexibility index (Phi) is 5.76. The smallest absolute Gasteiger partial charge is 0.273 e. The molecule has 0 atom stereocenters. The number of nitrogens with zero attached hydrogens (tertiary/aromatic N) is 3. The molecule has 9 heteroatoms. The average molecular weight is 408 g/mol. The van der Waals surface area contributed by atoms with Crippen molar-refractivity contribution in [2.75, 3.05) is 13.1 Å². The van der Waals surface area contributed by atoms with Gasteiger partial charge in [-0.3, -0.25) is 24.8 Å². The Balaban J connectivity index is 1.77. The third-order valence-electron chi connectivity index (χ3n) is 4.11. The van der Waals surface area contributed by atoms with E-state index in [1.807, 2.05) is 0 Å². The van der Waals surface area contributed by atoms with E-state index < -0.39 is 10.7 Å². The number of carbonyl (C=O) groups excluding carboxylic acids is 1. The Labute approximate surface area is 164 Å². The van der Waals surface area contributed by atoms with Gasteiger partial charge < -0.3 is 0 Å². The molecule has 2 aromatic rings. The van der Waals surface area contributed by atoms with Crippen LogP contribution in [0.1, 0.15) is 21.5 Å². The minimum absolute atomic E-state index is 0.107. The number of nitro benzene ring substituents is 1. The number of halogens is 2. The Morgan fingerprint density at radius 1 is 1.41 bits per heavy atom. The molecule has 1 amide bonds. The van der Waals surface area contributed by atoms with Crippen LogP contribution in [-0.4, -0.2) is 34.0 Å². The van der Waals surface area contributed by atoms with E-state index in [9.17, 15) is 19.3 Å². The number of carbonyl (C=O) groups is 1. The lowest BCUT2D eigenvalue weighted by Crippen LogP contribution is -2.32. The van der Waals surface area contributed by atoms with Crippen LogP contribution in [0, 0.1) is 22.9 Å². The van der Waals surface area contributed by atoms with Crippen molar-refractivity contribution >= 4 is 40.1 Å². The molecular weight excluding hydrogens is 393 g/mol. The van der Waals surface area contributed by atoms with E-state index in [0.717, 1.165) is 0 Å². The SMILES string of the molecule is Cc1ccc(C(=O)N2CCN=C2SCc2c(F)cccc2Cl)cc1[N+](=O)[O-]. The van der Waals surface area contributed by atoms with Gasteiger partial charge in [0.15, 0.2) is 5.17 Å². The standard InChI is InChI=1S/C18H15ClFN3O3S/c1-11-5-6-12(9-16(11)23(25)26)17(24)22-8-7-21-18(22)27-10-13-14(19)3-2-4-15(13)20/h2-6,9H,7-8,10H2,1H3. The second-order valence-electron chi connectivity index (χ2n) is 5.87. The molecule has 0 aliphatic carbocycles. The van der Waals surface area contributed by atoms with Gasteiger partial charge in [-0.1, -0.05) is 35.5 Å². The molecule has 1 heterocycles. The van der Waals surface area contributed by atoms with Gasteiger partial charge in [-0.2, -0.15) is 0 Å².